The van der Waals surface area contributed by atoms with Gasteiger partial charge in [-0.3, -0.25) is 4.79 Å². The summed E-state index contributed by atoms with van der Waals surface area (Å²) in [6, 6.07) is 5.62. The average molecular weight is 271 g/mol. The maximum absolute atomic E-state index is 12.0. The number of hydrogen-bond acceptors (Lipinski definition) is 3. The zero-order valence-electron chi connectivity index (χ0n) is 12.5. The van der Waals surface area contributed by atoms with Gasteiger partial charge in [0.2, 0.25) is 0 Å². The highest BCUT2D eigenvalue weighted by Gasteiger charge is 2.10. The smallest absolute Gasteiger partial charge is 0.251 e. The normalized spacial score (nSPS) is 11.1. The second-order valence-corrected chi connectivity index (χ2v) is 5.16. The van der Waals surface area contributed by atoms with E-state index in [1.807, 2.05) is 26.0 Å². The molecule has 0 saturated heterocycles. The number of hydrogen-bond donors (Lipinski definition) is 1. The summed E-state index contributed by atoms with van der Waals surface area (Å²) in [6.45, 7) is 8.05. The van der Waals surface area contributed by atoms with Gasteiger partial charge < -0.3 is 5.32 Å². The van der Waals surface area contributed by atoms with E-state index in [0.717, 1.165) is 35.3 Å². The standard InChI is InChI=1S/C16H21N3O/c1-5-12-13(6-2)19-15-9-11(7-8-14(15)18-12)16(20)17-10(3)4/h7-10H,5-6H2,1-4H3,(H,17,20). The van der Waals surface area contributed by atoms with Crippen molar-refractivity contribution in [1.82, 2.24) is 15.3 Å². The number of nitrogens with zero attached hydrogens (tertiary/aromatic N) is 2. The van der Waals surface area contributed by atoms with Crippen molar-refractivity contribution in [2.75, 3.05) is 0 Å². The van der Waals surface area contributed by atoms with Gasteiger partial charge in [-0.15, -0.1) is 0 Å². The zero-order valence-corrected chi connectivity index (χ0v) is 12.5. The van der Waals surface area contributed by atoms with Crippen LogP contribution >= 0.6 is 0 Å². The van der Waals surface area contributed by atoms with E-state index in [2.05, 4.69) is 29.1 Å². The van der Waals surface area contributed by atoms with Gasteiger partial charge in [0.15, 0.2) is 0 Å². The fraction of sp³-hybridized carbons (Fsp3) is 0.438. The molecule has 0 aliphatic heterocycles. The van der Waals surface area contributed by atoms with Crippen molar-refractivity contribution in [3.8, 4) is 0 Å². The lowest BCUT2D eigenvalue weighted by atomic mass is 10.1. The average Bonchev–Trinajstić information content (AvgIpc) is 2.44. The summed E-state index contributed by atoms with van der Waals surface area (Å²) < 4.78 is 0. The quantitative estimate of drug-likeness (QED) is 0.930. The molecule has 2 rings (SSSR count). The molecule has 0 aliphatic rings. The number of aryl methyl sites for hydroxylation is 2. The minimum atomic E-state index is -0.0682. The van der Waals surface area contributed by atoms with Crippen LogP contribution in [-0.2, 0) is 12.8 Å². The Morgan fingerprint density at radius 2 is 1.70 bits per heavy atom. The van der Waals surface area contributed by atoms with Gasteiger partial charge in [0, 0.05) is 11.6 Å². The number of rotatable bonds is 4. The van der Waals surface area contributed by atoms with E-state index < -0.39 is 0 Å². The van der Waals surface area contributed by atoms with E-state index in [4.69, 9.17) is 0 Å². The fourth-order valence-electron chi connectivity index (χ4n) is 2.18. The summed E-state index contributed by atoms with van der Waals surface area (Å²) in [5.74, 6) is -0.0682. The molecule has 0 spiro atoms. The lowest BCUT2D eigenvalue weighted by Crippen LogP contribution is -2.30. The number of fused-ring (bicyclic) bond motifs is 1. The summed E-state index contributed by atoms with van der Waals surface area (Å²) in [6.07, 6.45) is 1.73. The summed E-state index contributed by atoms with van der Waals surface area (Å²) in [7, 11) is 0. The highest BCUT2D eigenvalue weighted by Crippen LogP contribution is 2.16. The molecule has 1 aromatic carbocycles. The SMILES string of the molecule is CCc1nc2ccc(C(=O)NC(C)C)cc2nc1CC. The van der Waals surface area contributed by atoms with E-state index in [0.29, 0.717) is 5.56 Å². The van der Waals surface area contributed by atoms with Crippen LogP contribution in [0.3, 0.4) is 0 Å². The molecule has 0 radical (unpaired) electrons. The molecule has 0 fully saturated rings. The van der Waals surface area contributed by atoms with Crippen molar-refractivity contribution in [2.45, 2.75) is 46.6 Å². The van der Waals surface area contributed by atoms with Crippen molar-refractivity contribution < 1.29 is 4.79 Å². The van der Waals surface area contributed by atoms with Gasteiger partial charge in [0.05, 0.1) is 22.4 Å². The third kappa shape index (κ3) is 2.95. The molecule has 4 nitrogen and oxygen atoms in total. The molecule has 1 amide bonds. The van der Waals surface area contributed by atoms with Crippen LogP contribution in [0.1, 0.15) is 49.4 Å². The number of carbonyl (C=O) groups excluding carboxylic acids is 1. The van der Waals surface area contributed by atoms with Crippen LogP contribution in [0.4, 0.5) is 0 Å². The molecule has 1 N–H and O–H groups in total. The van der Waals surface area contributed by atoms with Gasteiger partial charge in [-0.2, -0.15) is 0 Å². The number of benzene rings is 1. The molecule has 0 atom stereocenters. The molecule has 20 heavy (non-hydrogen) atoms. The zero-order chi connectivity index (χ0) is 14.7. The van der Waals surface area contributed by atoms with Crippen molar-refractivity contribution in [3.63, 3.8) is 0 Å². The molecule has 2 aromatic rings. The van der Waals surface area contributed by atoms with Crippen molar-refractivity contribution in [1.29, 1.82) is 0 Å². The maximum Gasteiger partial charge on any atom is 0.251 e. The predicted molar refractivity (Wildman–Crippen MR) is 80.9 cm³/mol. The molecule has 0 unspecified atom stereocenters. The van der Waals surface area contributed by atoms with Gasteiger partial charge in [0.25, 0.3) is 5.91 Å². The minimum absolute atomic E-state index is 0.0682. The molecule has 1 aromatic heterocycles. The van der Waals surface area contributed by atoms with Crippen LogP contribution in [0.15, 0.2) is 18.2 Å². The van der Waals surface area contributed by atoms with Crippen LogP contribution in [-0.4, -0.2) is 21.9 Å². The van der Waals surface area contributed by atoms with E-state index in [1.165, 1.54) is 0 Å². The van der Waals surface area contributed by atoms with Crippen molar-refractivity contribution in [2.24, 2.45) is 0 Å². The first-order valence-corrected chi connectivity index (χ1v) is 7.15. The third-order valence-corrected chi connectivity index (χ3v) is 3.17. The van der Waals surface area contributed by atoms with Crippen LogP contribution < -0.4 is 5.32 Å². The second kappa shape index (κ2) is 5.99. The first-order valence-electron chi connectivity index (χ1n) is 7.15. The van der Waals surface area contributed by atoms with E-state index in [1.54, 1.807) is 6.07 Å². The first kappa shape index (κ1) is 14.4. The fourth-order valence-corrected chi connectivity index (χ4v) is 2.18. The monoisotopic (exact) mass is 271 g/mol. The van der Waals surface area contributed by atoms with Gasteiger partial charge in [-0.25, -0.2) is 9.97 Å². The third-order valence-electron chi connectivity index (χ3n) is 3.17. The highest BCUT2D eigenvalue weighted by molar-refractivity contribution is 5.97. The molecule has 0 bridgehead atoms. The van der Waals surface area contributed by atoms with Gasteiger partial charge in [0.1, 0.15) is 0 Å². The number of aromatic nitrogens is 2. The highest BCUT2D eigenvalue weighted by atomic mass is 16.1. The Morgan fingerprint density at radius 3 is 2.25 bits per heavy atom. The summed E-state index contributed by atoms with van der Waals surface area (Å²) in [5, 5.41) is 2.89. The lowest BCUT2D eigenvalue weighted by molar-refractivity contribution is 0.0943. The van der Waals surface area contributed by atoms with Gasteiger partial charge in [-0.1, -0.05) is 13.8 Å². The van der Waals surface area contributed by atoms with E-state index in [9.17, 15) is 4.79 Å². The van der Waals surface area contributed by atoms with E-state index >= 15 is 0 Å². The Labute approximate surface area is 119 Å². The van der Waals surface area contributed by atoms with Crippen LogP contribution in [0.5, 0.6) is 0 Å². The summed E-state index contributed by atoms with van der Waals surface area (Å²) >= 11 is 0. The molecular weight excluding hydrogens is 250 g/mol. The van der Waals surface area contributed by atoms with Crippen molar-refractivity contribution >= 4 is 16.9 Å². The molecule has 4 heteroatoms. The Bertz CT molecular complexity index is 635. The Kier molecular flexibility index (Phi) is 4.32. The topological polar surface area (TPSA) is 54.9 Å². The molecule has 0 saturated carbocycles. The summed E-state index contributed by atoms with van der Waals surface area (Å²) in [4.78, 5) is 21.3. The van der Waals surface area contributed by atoms with Crippen LogP contribution in [0.2, 0.25) is 0 Å². The Balaban J connectivity index is 2.45. The molecule has 106 valence electrons. The molecular formula is C16H21N3O. The largest absolute Gasteiger partial charge is 0.350 e. The Hall–Kier alpha value is -1.97. The van der Waals surface area contributed by atoms with Crippen LogP contribution in [0.25, 0.3) is 11.0 Å². The Morgan fingerprint density at radius 1 is 1.10 bits per heavy atom. The van der Waals surface area contributed by atoms with E-state index in [-0.39, 0.29) is 11.9 Å². The predicted octanol–water partition coefficient (Wildman–Crippen LogP) is 2.89. The summed E-state index contributed by atoms with van der Waals surface area (Å²) in [5.41, 5.74) is 4.32. The minimum Gasteiger partial charge on any atom is -0.350 e. The number of amides is 1. The maximum atomic E-state index is 12.0. The first-order chi connectivity index (χ1) is 9.55. The lowest BCUT2D eigenvalue weighted by Gasteiger charge is -2.10. The molecule has 0 aliphatic carbocycles. The second-order valence-electron chi connectivity index (χ2n) is 5.16. The van der Waals surface area contributed by atoms with Gasteiger partial charge in [-0.05, 0) is 44.9 Å². The van der Waals surface area contributed by atoms with Crippen molar-refractivity contribution in [3.05, 3.63) is 35.2 Å². The van der Waals surface area contributed by atoms with Crippen LogP contribution in [0, 0.1) is 0 Å². The molecule has 1 heterocycles. The van der Waals surface area contributed by atoms with Gasteiger partial charge >= 0.3 is 0 Å². The number of carbonyl (C=O) groups is 1. The number of nitrogens with one attached hydrogen (secondary N) is 1.